The van der Waals surface area contributed by atoms with Gasteiger partial charge >= 0.3 is 0 Å². The zero-order valence-electron chi connectivity index (χ0n) is 8.03. The minimum atomic E-state index is -0.560. The van der Waals surface area contributed by atoms with Crippen LogP contribution in [0.3, 0.4) is 0 Å². The van der Waals surface area contributed by atoms with Gasteiger partial charge in [-0.15, -0.1) is 11.6 Å². The van der Waals surface area contributed by atoms with E-state index in [4.69, 9.17) is 16.3 Å². The molecule has 1 aromatic carbocycles. The molecule has 0 aromatic heterocycles. The summed E-state index contributed by atoms with van der Waals surface area (Å²) in [7, 11) is 1.62. The van der Waals surface area contributed by atoms with Crippen molar-refractivity contribution >= 4 is 11.6 Å². The summed E-state index contributed by atoms with van der Waals surface area (Å²) in [5.74, 6) is 0.772. The molecule has 0 aliphatic heterocycles. The number of alkyl halides is 1. The summed E-state index contributed by atoms with van der Waals surface area (Å²) < 4.78 is 5.11. The Bertz CT molecular complexity index is 338. The highest BCUT2D eigenvalue weighted by molar-refractivity contribution is 6.21. The molecule has 0 radical (unpaired) electrons. The summed E-state index contributed by atoms with van der Waals surface area (Å²) in [6.07, 6.45) is 1.21. The van der Waals surface area contributed by atoms with Gasteiger partial charge in [0.15, 0.2) is 0 Å². The van der Waals surface area contributed by atoms with Crippen molar-refractivity contribution in [3.63, 3.8) is 0 Å². The van der Waals surface area contributed by atoms with Crippen LogP contribution in [0.2, 0.25) is 0 Å². The first-order valence-electron chi connectivity index (χ1n) is 4.71. The van der Waals surface area contributed by atoms with E-state index in [0.29, 0.717) is 0 Å². The van der Waals surface area contributed by atoms with Crippen molar-refractivity contribution < 1.29 is 9.84 Å². The molecular weight excluding hydrogens is 200 g/mol. The van der Waals surface area contributed by atoms with Crippen molar-refractivity contribution in [2.75, 3.05) is 7.11 Å². The second-order valence-electron chi connectivity index (χ2n) is 3.56. The molecule has 1 aliphatic carbocycles. The minimum absolute atomic E-state index is 0.172. The van der Waals surface area contributed by atoms with E-state index in [1.165, 1.54) is 5.56 Å². The van der Waals surface area contributed by atoms with Crippen LogP contribution >= 0.6 is 11.6 Å². The predicted molar refractivity (Wildman–Crippen MR) is 55.9 cm³/mol. The number of ether oxygens (including phenoxy) is 1. The van der Waals surface area contributed by atoms with Crippen molar-refractivity contribution in [2.24, 2.45) is 0 Å². The maximum atomic E-state index is 9.86. The minimum Gasteiger partial charge on any atom is -0.497 e. The lowest BCUT2D eigenvalue weighted by atomic mass is 9.89. The average Bonchev–Trinajstić information content (AvgIpc) is 2.23. The highest BCUT2D eigenvalue weighted by Gasteiger charge is 2.26. The van der Waals surface area contributed by atoms with E-state index in [-0.39, 0.29) is 5.38 Å². The monoisotopic (exact) mass is 212 g/mol. The lowest BCUT2D eigenvalue weighted by Gasteiger charge is -2.26. The first kappa shape index (κ1) is 9.81. The van der Waals surface area contributed by atoms with Crippen LogP contribution in [-0.4, -0.2) is 17.6 Å². The molecule has 1 aliphatic rings. The molecule has 0 unspecified atom stereocenters. The number of fused-ring (bicyclic) bond motifs is 1. The summed E-state index contributed by atoms with van der Waals surface area (Å²) >= 11 is 6.00. The van der Waals surface area contributed by atoms with E-state index >= 15 is 0 Å². The van der Waals surface area contributed by atoms with E-state index in [9.17, 15) is 5.11 Å². The maximum Gasteiger partial charge on any atom is 0.119 e. The van der Waals surface area contributed by atoms with Gasteiger partial charge in [0.2, 0.25) is 0 Å². The highest BCUT2D eigenvalue weighted by Crippen LogP contribution is 2.35. The van der Waals surface area contributed by atoms with Crippen LogP contribution in [0.5, 0.6) is 5.75 Å². The van der Waals surface area contributed by atoms with Gasteiger partial charge in [0.1, 0.15) is 5.75 Å². The smallest absolute Gasteiger partial charge is 0.119 e. The zero-order chi connectivity index (χ0) is 10.1. The normalized spacial score (nSPS) is 25.6. The lowest BCUT2D eigenvalue weighted by Crippen LogP contribution is -2.20. The molecule has 2 rings (SSSR count). The van der Waals surface area contributed by atoms with Crippen molar-refractivity contribution in [1.29, 1.82) is 0 Å². The summed E-state index contributed by atoms with van der Waals surface area (Å²) in [6, 6.07) is 5.79. The molecule has 0 saturated carbocycles. The third kappa shape index (κ3) is 1.60. The Morgan fingerprint density at radius 3 is 3.00 bits per heavy atom. The number of methoxy groups -OCH3 is 1. The van der Waals surface area contributed by atoms with Gasteiger partial charge < -0.3 is 9.84 Å². The summed E-state index contributed by atoms with van der Waals surface area (Å²) in [5.41, 5.74) is 2.09. The van der Waals surface area contributed by atoms with E-state index in [1.54, 1.807) is 7.11 Å². The number of aliphatic hydroxyl groups excluding tert-OH is 1. The molecule has 14 heavy (non-hydrogen) atoms. The topological polar surface area (TPSA) is 29.5 Å². The molecule has 0 fully saturated rings. The fourth-order valence-corrected chi connectivity index (χ4v) is 2.09. The molecule has 1 N–H and O–H groups in total. The molecule has 0 amide bonds. The fraction of sp³-hybridized carbons (Fsp3) is 0.455. The summed E-state index contributed by atoms with van der Waals surface area (Å²) in [6.45, 7) is 0. The van der Waals surface area contributed by atoms with Crippen LogP contribution in [0, 0.1) is 0 Å². The van der Waals surface area contributed by atoms with Gasteiger partial charge in [-0.25, -0.2) is 0 Å². The number of hydrogen-bond donors (Lipinski definition) is 1. The van der Waals surface area contributed by atoms with E-state index in [2.05, 4.69) is 0 Å². The standard InChI is InChI=1S/C11H13ClO2/c1-14-8-4-2-7-3-5-10(12)11(13)9(7)6-8/h2,4,6,10-11,13H,3,5H2,1H3/t10-,11+/m0/s1. The Hall–Kier alpha value is -0.730. The van der Waals surface area contributed by atoms with Crippen LogP contribution in [0.25, 0.3) is 0 Å². The van der Waals surface area contributed by atoms with Gasteiger partial charge in [0.05, 0.1) is 18.6 Å². The van der Waals surface area contributed by atoms with Crippen LogP contribution in [-0.2, 0) is 6.42 Å². The molecule has 76 valence electrons. The first-order valence-corrected chi connectivity index (χ1v) is 5.15. The average molecular weight is 213 g/mol. The Morgan fingerprint density at radius 1 is 1.50 bits per heavy atom. The SMILES string of the molecule is COc1ccc2c(c1)[C@@H](O)[C@@H](Cl)CC2. The van der Waals surface area contributed by atoms with Gasteiger partial charge in [0, 0.05) is 0 Å². The van der Waals surface area contributed by atoms with Crippen molar-refractivity contribution in [2.45, 2.75) is 24.3 Å². The van der Waals surface area contributed by atoms with Gasteiger partial charge in [-0.1, -0.05) is 6.07 Å². The van der Waals surface area contributed by atoms with Crippen LogP contribution < -0.4 is 4.74 Å². The molecule has 1 aromatic rings. The van der Waals surface area contributed by atoms with E-state index < -0.39 is 6.10 Å². The van der Waals surface area contributed by atoms with Crippen molar-refractivity contribution in [3.8, 4) is 5.75 Å². The van der Waals surface area contributed by atoms with Crippen molar-refractivity contribution in [3.05, 3.63) is 29.3 Å². The first-order chi connectivity index (χ1) is 6.72. The predicted octanol–water partition coefficient (Wildman–Crippen LogP) is 2.28. The largest absolute Gasteiger partial charge is 0.497 e. The van der Waals surface area contributed by atoms with E-state index in [1.807, 2.05) is 18.2 Å². The second-order valence-corrected chi connectivity index (χ2v) is 4.12. The Morgan fingerprint density at radius 2 is 2.29 bits per heavy atom. The Kier molecular flexibility index (Phi) is 2.66. The number of rotatable bonds is 1. The third-order valence-electron chi connectivity index (χ3n) is 2.70. The molecular formula is C11H13ClO2. The summed E-state index contributed by atoms with van der Waals surface area (Å²) in [4.78, 5) is 0. The molecule has 2 nitrogen and oxygen atoms in total. The number of hydrogen-bond acceptors (Lipinski definition) is 2. The van der Waals surface area contributed by atoms with Gasteiger partial charge in [-0.05, 0) is 36.1 Å². The third-order valence-corrected chi connectivity index (χ3v) is 3.16. The van der Waals surface area contributed by atoms with Crippen molar-refractivity contribution in [1.82, 2.24) is 0 Å². The number of halogens is 1. The second kappa shape index (κ2) is 3.79. The van der Waals surface area contributed by atoms with Gasteiger partial charge in [0.25, 0.3) is 0 Å². The van der Waals surface area contributed by atoms with Crippen LogP contribution in [0.1, 0.15) is 23.7 Å². The van der Waals surface area contributed by atoms with Gasteiger partial charge in [-0.2, -0.15) is 0 Å². The molecule has 3 heteroatoms. The number of aryl methyl sites for hydroxylation is 1. The molecule has 0 spiro atoms. The summed E-state index contributed by atoms with van der Waals surface area (Å²) in [5, 5.41) is 9.69. The molecule has 2 atom stereocenters. The molecule has 0 saturated heterocycles. The fourth-order valence-electron chi connectivity index (χ4n) is 1.85. The number of benzene rings is 1. The Balaban J connectivity index is 2.41. The molecule has 0 heterocycles. The molecule has 0 bridgehead atoms. The van der Waals surface area contributed by atoms with Crippen LogP contribution in [0.15, 0.2) is 18.2 Å². The van der Waals surface area contributed by atoms with Crippen LogP contribution in [0.4, 0.5) is 0 Å². The zero-order valence-corrected chi connectivity index (χ0v) is 8.79. The lowest BCUT2D eigenvalue weighted by molar-refractivity contribution is 0.160. The number of aliphatic hydroxyl groups is 1. The highest BCUT2D eigenvalue weighted by atomic mass is 35.5. The van der Waals surface area contributed by atoms with Gasteiger partial charge in [-0.3, -0.25) is 0 Å². The maximum absolute atomic E-state index is 9.86. The Labute approximate surface area is 88.5 Å². The quantitative estimate of drug-likeness (QED) is 0.724. The van der Waals surface area contributed by atoms with E-state index in [0.717, 1.165) is 24.2 Å².